The third-order valence-electron chi connectivity index (χ3n) is 2.12. The van der Waals surface area contributed by atoms with Crippen LogP contribution in [0.1, 0.15) is 27.9 Å². The van der Waals surface area contributed by atoms with Crippen LogP contribution in [0.4, 0.5) is 13.2 Å². The van der Waals surface area contributed by atoms with Crippen LogP contribution in [-0.2, 0) is 6.18 Å². The number of carbonyl (C=O) groups is 1. The quantitative estimate of drug-likeness (QED) is 0.901. The first kappa shape index (κ1) is 13.8. The maximum absolute atomic E-state index is 12.4. The molecule has 1 aromatic carbocycles. The van der Waals surface area contributed by atoms with Crippen LogP contribution < -0.4 is 0 Å². The monoisotopic (exact) mass is 255 g/mol. The van der Waals surface area contributed by atoms with Crippen LogP contribution in [0.2, 0.25) is 0 Å². The minimum absolute atomic E-state index is 0.0556. The molecule has 0 spiro atoms. The Balaban J connectivity index is 3.22. The molecule has 0 atom stereocenters. The van der Waals surface area contributed by atoms with Crippen molar-refractivity contribution < 1.29 is 23.1 Å². The molecule has 18 heavy (non-hydrogen) atoms. The summed E-state index contributed by atoms with van der Waals surface area (Å²) in [5, 5.41) is 17.2. The van der Waals surface area contributed by atoms with E-state index in [2.05, 4.69) is 0 Å². The number of nitrogens with zero attached hydrogens (tertiary/aromatic N) is 1. The van der Waals surface area contributed by atoms with Gasteiger partial charge in [0, 0.05) is 0 Å². The average Bonchev–Trinajstić information content (AvgIpc) is 2.28. The van der Waals surface area contributed by atoms with E-state index in [0.29, 0.717) is 6.07 Å². The Labute approximate surface area is 101 Å². The van der Waals surface area contributed by atoms with Crippen LogP contribution in [0.5, 0.6) is 0 Å². The molecule has 0 fully saturated rings. The zero-order valence-corrected chi connectivity index (χ0v) is 9.03. The number of benzene rings is 1. The molecular formula is C12H8F3NO2. The van der Waals surface area contributed by atoms with Crippen LogP contribution in [-0.4, -0.2) is 11.1 Å². The lowest BCUT2D eigenvalue weighted by atomic mass is 10.0. The minimum Gasteiger partial charge on any atom is -0.478 e. The first-order chi connectivity index (χ1) is 8.36. The van der Waals surface area contributed by atoms with E-state index in [1.54, 1.807) is 0 Å². The highest BCUT2D eigenvalue weighted by atomic mass is 19.4. The summed E-state index contributed by atoms with van der Waals surface area (Å²) in [5.41, 5.74) is -1.33. The second-order valence-electron chi connectivity index (χ2n) is 3.37. The highest BCUT2D eigenvalue weighted by Crippen LogP contribution is 2.30. The lowest BCUT2D eigenvalue weighted by Gasteiger charge is -2.09. The molecule has 6 heteroatoms. The van der Waals surface area contributed by atoms with Gasteiger partial charge in [-0.2, -0.15) is 18.4 Å². The van der Waals surface area contributed by atoms with Crippen molar-refractivity contribution in [2.75, 3.05) is 0 Å². The van der Waals surface area contributed by atoms with Gasteiger partial charge in [0.1, 0.15) is 0 Å². The predicted octanol–water partition coefficient (Wildman–Crippen LogP) is 3.33. The van der Waals surface area contributed by atoms with E-state index in [1.165, 1.54) is 12.2 Å². The fourth-order valence-corrected chi connectivity index (χ4v) is 1.30. The van der Waals surface area contributed by atoms with Gasteiger partial charge in [-0.15, -0.1) is 0 Å². The van der Waals surface area contributed by atoms with Crippen molar-refractivity contribution in [3.63, 3.8) is 0 Å². The number of rotatable bonds is 3. The van der Waals surface area contributed by atoms with Crippen molar-refractivity contribution >= 4 is 12.0 Å². The van der Waals surface area contributed by atoms with E-state index >= 15 is 0 Å². The molecule has 0 aliphatic heterocycles. The summed E-state index contributed by atoms with van der Waals surface area (Å²) in [5.74, 6) is -1.45. The van der Waals surface area contributed by atoms with Crippen LogP contribution in [0.25, 0.3) is 6.08 Å². The number of halogens is 3. The highest BCUT2D eigenvalue weighted by Gasteiger charge is 2.31. The summed E-state index contributed by atoms with van der Waals surface area (Å²) in [4.78, 5) is 10.9. The standard InChI is InChI=1S/C12H8F3NO2/c13-12(14,15)9-5-4-8(3-1-2-6-16)10(7-9)11(17)18/h1,3-5,7H,2H2,(H,17,18). The van der Waals surface area contributed by atoms with E-state index in [-0.39, 0.29) is 12.0 Å². The second-order valence-corrected chi connectivity index (χ2v) is 3.37. The lowest BCUT2D eigenvalue weighted by Crippen LogP contribution is -2.08. The van der Waals surface area contributed by atoms with Crippen molar-refractivity contribution in [2.24, 2.45) is 0 Å². The van der Waals surface area contributed by atoms with Gasteiger partial charge in [0.2, 0.25) is 0 Å². The van der Waals surface area contributed by atoms with E-state index in [4.69, 9.17) is 10.4 Å². The topological polar surface area (TPSA) is 61.1 Å². The lowest BCUT2D eigenvalue weighted by molar-refractivity contribution is -0.137. The Hall–Kier alpha value is -2.29. The Morgan fingerprint density at radius 3 is 2.61 bits per heavy atom. The van der Waals surface area contributed by atoms with Crippen LogP contribution in [0, 0.1) is 11.3 Å². The van der Waals surface area contributed by atoms with Crippen molar-refractivity contribution in [3.05, 3.63) is 41.0 Å². The largest absolute Gasteiger partial charge is 0.478 e. The number of alkyl halides is 3. The molecule has 0 bridgehead atoms. The van der Waals surface area contributed by atoms with Gasteiger partial charge in [-0.05, 0) is 17.7 Å². The number of carboxylic acids is 1. The number of nitriles is 1. The smallest absolute Gasteiger partial charge is 0.416 e. The summed E-state index contributed by atoms with van der Waals surface area (Å²) in [6.45, 7) is 0. The predicted molar refractivity (Wildman–Crippen MR) is 57.7 cm³/mol. The molecule has 0 aliphatic rings. The van der Waals surface area contributed by atoms with Gasteiger partial charge in [0.05, 0.1) is 23.6 Å². The van der Waals surface area contributed by atoms with E-state index in [0.717, 1.165) is 12.1 Å². The Morgan fingerprint density at radius 2 is 2.11 bits per heavy atom. The third kappa shape index (κ3) is 3.35. The Bertz CT molecular complexity index is 527. The van der Waals surface area contributed by atoms with E-state index in [1.807, 2.05) is 6.07 Å². The Kier molecular flexibility index (Phi) is 4.10. The average molecular weight is 255 g/mol. The molecule has 0 aliphatic carbocycles. The molecule has 3 nitrogen and oxygen atoms in total. The molecule has 0 radical (unpaired) electrons. The molecule has 0 heterocycles. The molecule has 1 aromatic rings. The molecule has 0 saturated heterocycles. The van der Waals surface area contributed by atoms with Crippen molar-refractivity contribution in [1.29, 1.82) is 5.26 Å². The van der Waals surface area contributed by atoms with Crippen molar-refractivity contribution in [2.45, 2.75) is 12.6 Å². The molecular weight excluding hydrogens is 247 g/mol. The molecule has 0 saturated carbocycles. The number of hydrogen-bond donors (Lipinski definition) is 1. The first-order valence-corrected chi connectivity index (χ1v) is 4.84. The molecule has 0 amide bonds. The maximum atomic E-state index is 12.4. The molecule has 0 aromatic heterocycles. The van der Waals surface area contributed by atoms with Crippen molar-refractivity contribution in [3.8, 4) is 6.07 Å². The minimum atomic E-state index is -4.58. The second kappa shape index (κ2) is 5.36. The zero-order chi connectivity index (χ0) is 13.8. The summed E-state index contributed by atoms with van der Waals surface area (Å²) in [6, 6.07) is 4.26. The van der Waals surface area contributed by atoms with E-state index in [9.17, 15) is 18.0 Å². The fourth-order valence-electron chi connectivity index (χ4n) is 1.30. The van der Waals surface area contributed by atoms with Gasteiger partial charge >= 0.3 is 12.1 Å². The van der Waals surface area contributed by atoms with Crippen LogP contribution >= 0.6 is 0 Å². The van der Waals surface area contributed by atoms with Crippen LogP contribution in [0.3, 0.4) is 0 Å². The zero-order valence-electron chi connectivity index (χ0n) is 9.03. The van der Waals surface area contributed by atoms with Crippen LogP contribution in [0.15, 0.2) is 24.3 Å². The molecule has 1 N–H and O–H groups in total. The molecule has 0 unspecified atom stereocenters. The van der Waals surface area contributed by atoms with Gasteiger partial charge in [-0.1, -0.05) is 18.2 Å². The SMILES string of the molecule is N#CCC=Cc1ccc(C(F)(F)F)cc1C(=O)O. The van der Waals surface area contributed by atoms with Gasteiger partial charge in [-0.25, -0.2) is 4.79 Å². The molecule has 1 rings (SSSR count). The first-order valence-electron chi connectivity index (χ1n) is 4.84. The third-order valence-corrected chi connectivity index (χ3v) is 2.12. The summed E-state index contributed by atoms with van der Waals surface area (Å²) < 4.78 is 37.2. The normalized spacial score (nSPS) is 11.4. The molecule has 94 valence electrons. The number of aromatic carboxylic acids is 1. The number of allylic oxidation sites excluding steroid dienone is 1. The van der Waals surface area contributed by atoms with Crippen molar-refractivity contribution in [1.82, 2.24) is 0 Å². The fraction of sp³-hybridized carbons (Fsp3) is 0.167. The van der Waals surface area contributed by atoms with Gasteiger partial charge in [-0.3, -0.25) is 0 Å². The van der Waals surface area contributed by atoms with Gasteiger partial charge < -0.3 is 5.11 Å². The number of hydrogen-bond acceptors (Lipinski definition) is 2. The summed E-state index contributed by atoms with van der Waals surface area (Å²) in [6.07, 6.45) is -1.83. The maximum Gasteiger partial charge on any atom is 0.416 e. The highest BCUT2D eigenvalue weighted by molar-refractivity contribution is 5.92. The number of carboxylic acid groups (broad SMARTS) is 1. The van der Waals surface area contributed by atoms with Gasteiger partial charge in [0.15, 0.2) is 0 Å². The summed E-state index contributed by atoms with van der Waals surface area (Å²) >= 11 is 0. The van der Waals surface area contributed by atoms with Gasteiger partial charge in [0.25, 0.3) is 0 Å². The summed E-state index contributed by atoms with van der Waals surface area (Å²) in [7, 11) is 0. The Morgan fingerprint density at radius 1 is 1.44 bits per heavy atom. The van der Waals surface area contributed by atoms with E-state index < -0.39 is 23.3 Å².